The highest BCUT2D eigenvalue weighted by Crippen LogP contribution is 2.32. The highest BCUT2D eigenvalue weighted by Gasteiger charge is 2.31. The minimum Gasteiger partial charge on any atom is -0.395 e. The van der Waals surface area contributed by atoms with Gasteiger partial charge in [-0.1, -0.05) is 0 Å². The summed E-state index contributed by atoms with van der Waals surface area (Å²) in [7, 11) is 0. The molecule has 0 unspecified atom stereocenters. The summed E-state index contributed by atoms with van der Waals surface area (Å²) in [6.07, 6.45) is 0.917. The number of benzene rings is 1. The highest BCUT2D eigenvalue weighted by molar-refractivity contribution is 9.10. The molecule has 0 atom stereocenters. The van der Waals surface area contributed by atoms with E-state index in [2.05, 4.69) is 21.2 Å². The SMILES string of the molecule is N#Cc1cc(F)c(NC2=CC(=O)N(CCO)C2=O)c(Br)c1F. The van der Waals surface area contributed by atoms with Crippen molar-refractivity contribution >= 4 is 33.4 Å². The van der Waals surface area contributed by atoms with E-state index in [0.717, 1.165) is 11.0 Å². The summed E-state index contributed by atoms with van der Waals surface area (Å²) in [6.45, 7) is -0.618. The molecule has 0 saturated heterocycles. The van der Waals surface area contributed by atoms with Gasteiger partial charge < -0.3 is 10.4 Å². The molecule has 6 nitrogen and oxygen atoms in total. The second-order valence-corrected chi connectivity index (χ2v) is 5.02. The number of amides is 2. The van der Waals surface area contributed by atoms with Crippen LogP contribution in [0.4, 0.5) is 14.5 Å². The average Bonchev–Trinajstić information content (AvgIpc) is 2.75. The molecule has 0 radical (unpaired) electrons. The van der Waals surface area contributed by atoms with Crippen molar-refractivity contribution in [1.82, 2.24) is 4.90 Å². The van der Waals surface area contributed by atoms with E-state index < -0.39 is 41.3 Å². The van der Waals surface area contributed by atoms with Crippen LogP contribution in [0.1, 0.15) is 5.56 Å². The van der Waals surface area contributed by atoms with E-state index in [0.29, 0.717) is 6.07 Å². The van der Waals surface area contributed by atoms with Crippen LogP contribution in [0.3, 0.4) is 0 Å². The molecule has 2 amide bonds. The fourth-order valence-electron chi connectivity index (χ4n) is 1.84. The Bertz CT molecular complexity index is 743. The number of carbonyl (C=O) groups excluding carboxylic acids is 2. The molecular formula is C13H8BrF2N3O3. The van der Waals surface area contributed by atoms with Crippen molar-refractivity contribution < 1.29 is 23.5 Å². The quantitative estimate of drug-likeness (QED) is 0.613. The van der Waals surface area contributed by atoms with Gasteiger partial charge in [0.25, 0.3) is 11.8 Å². The molecule has 2 rings (SSSR count). The molecule has 0 aliphatic carbocycles. The molecule has 0 spiro atoms. The number of halogens is 3. The van der Waals surface area contributed by atoms with Crippen LogP contribution in [0, 0.1) is 23.0 Å². The Morgan fingerprint density at radius 2 is 2.09 bits per heavy atom. The lowest BCUT2D eigenvalue weighted by Crippen LogP contribution is -2.34. The molecular weight excluding hydrogens is 364 g/mol. The van der Waals surface area contributed by atoms with Gasteiger partial charge in [-0.15, -0.1) is 0 Å². The second-order valence-electron chi connectivity index (χ2n) is 4.22. The van der Waals surface area contributed by atoms with Crippen molar-refractivity contribution in [2.24, 2.45) is 0 Å². The van der Waals surface area contributed by atoms with Crippen LogP contribution >= 0.6 is 15.9 Å². The summed E-state index contributed by atoms with van der Waals surface area (Å²) in [5, 5.41) is 19.8. The molecule has 0 bridgehead atoms. The maximum Gasteiger partial charge on any atom is 0.277 e. The minimum atomic E-state index is -0.990. The molecule has 0 saturated carbocycles. The summed E-state index contributed by atoms with van der Waals surface area (Å²) < 4.78 is 27.3. The van der Waals surface area contributed by atoms with E-state index in [1.807, 2.05) is 0 Å². The standard InChI is InChI=1S/C13H8BrF2N3O3/c14-10-11(16)6(5-17)3-7(15)12(10)18-8-4-9(21)19(1-2-20)13(8)22/h3-4,18,20H,1-2H2. The Balaban J connectivity index is 2.35. The van der Waals surface area contributed by atoms with Crippen molar-refractivity contribution in [3.05, 3.63) is 39.5 Å². The number of β-amino-alcohol motifs (C(OH)–C–C–N with tert-alkyl or cyclic N) is 1. The van der Waals surface area contributed by atoms with Crippen LogP contribution in [-0.2, 0) is 9.59 Å². The number of aliphatic hydroxyl groups excluding tert-OH is 1. The zero-order valence-electron chi connectivity index (χ0n) is 10.9. The third-order valence-electron chi connectivity index (χ3n) is 2.87. The maximum atomic E-state index is 13.9. The monoisotopic (exact) mass is 371 g/mol. The zero-order valence-corrected chi connectivity index (χ0v) is 12.4. The largest absolute Gasteiger partial charge is 0.395 e. The highest BCUT2D eigenvalue weighted by atomic mass is 79.9. The first kappa shape index (κ1) is 16.1. The summed E-state index contributed by atoms with van der Waals surface area (Å²) >= 11 is 2.81. The van der Waals surface area contributed by atoms with Gasteiger partial charge in [-0.25, -0.2) is 8.78 Å². The van der Waals surface area contributed by atoms with E-state index in [9.17, 15) is 18.4 Å². The lowest BCUT2D eigenvalue weighted by Gasteiger charge is -2.14. The fourth-order valence-corrected chi connectivity index (χ4v) is 2.34. The first-order valence-corrected chi connectivity index (χ1v) is 6.73. The number of aliphatic hydroxyl groups is 1. The number of nitrogens with one attached hydrogen (secondary N) is 1. The summed E-state index contributed by atoms with van der Waals surface area (Å²) in [5.41, 5.74) is -1.17. The molecule has 22 heavy (non-hydrogen) atoms. The van der Waals surface area contributed by atoms with Gasteiger partial charge in [0.15, 0.2) is 5.82 Å². The lowest BCUT2D eigenvalue weighted by molar-refractivity contribution is -0.137. The molecule has 114 valence electrons. The predicted molar refractivity (Wildman–Crippen MR) is 74.3 cm³/mol. The zero-order chi connectivity index (χ0) is 16.4. The Kier molecular flexibility index (Phi) is 4.54. The number of hydrogen-bond acceptors (Lipinski definition) is 5. The van der Waals surface area contributed by atoms with Gasteiger partial charge >= 0.3 is 0 Å². The first-order valence-electron chi connectivity index (χ1n) is 5.93. The van der Waals surface area contributed by atoms with E-state index in [-0.39, 0.29) is 16.7 Å². The Morgan fingerprint density at radius 3 is 2.68 bits per heavy atom. The Hall–Kier alpha value is -2.31. The van der Waals surface area contributed by atoms with Crippen molar-refractivity contribution in [2.45, 2.75) is 0 Å². The number of carbonyl (C=O) groups is 2. The van der Waals surface area contributed by atoms with Gasteiger partial charge in [0, 0.05) is 6.08 Å². The summed E-state index contributed by atoms with van der Waals surface area (Å²) in [4.78, 5) is 24.2. The molecule has 1 aromatic carbocycles. The molecule has 1 aliphatic heterocycles. The predicted octanol–water partition coefficient (Wildman–Crippen LogP) is 1.26. The number of anilines is 1. The number of nitriles is 1. The van der Waals surface area contributed by atoms with Crippen LogP contribution < -0.4 is 5.32 Å². The van der Waals surface area contributed by atoms with Gasteiger partial charge in [-0.2, -0.15) is 5.26 Å². The smallest absolute Gasteiger partial charge is 0.277 e. The molecule has 1 heterocycles. The van der Waals surface area contributed by atoms with Gasteiger partial charge in [0.1, 0.15) is 17.6 Å². The molecule has 2 N–H and O–H groups in total. The van der Waals surface area contributed by atoms with Crippen LogP contribution in [0.5, 0.6) is 0 Å². The van der Waals surface area contributed by atoms with Crippen molar-refractivity contribution in [2.75, 3.05) is 18.5 Å². The van der Waals surface area contributed by atoms with E-state index >= 15 is 0 Å². The Morgan fingerprint density at radius 1 is 1.41 bits per heavy atom. The second kappa shape index (κ2) is 6.21. The van der Waals surface area contributed by atoms with Gasteiger partial charge in [0.05, 0.1) is 28.9 Å². The number of rotatable bonds is 4. The maximum absolute atomic E-state index is 13.9. The molecule has 1 aliphatic rings. The van der Waals surface area contributed by atoms with Gasteiger partial charge in [-0.3, -0.25) is 14.5 Å². The topological polar surface area (TPSA) is 93.4 Å². The minimum absolute atomic E-state index is 0.204. The van der Waals surface area contributed by atoms with Crippen LogP contribution in [0.25, 0.3) is 0 Å². The van der Waals surface area contributed by atoms with Crippen molar-refractivity contribution in [3.8, 4) is 6.07 Å². The van der Waals surface area contributed by atoms with Crippen molar-refractivity contribution in [3.63, 3.8) is 0 Å². The lowest BCUT2D eigenvalue weighted by atomic mass is 10.2. The normalized spacial score (nSPS) is 14.1. The average molecular weight is 372 g/mol. The third-order valence-corrected chi connectivity index (χ3v) is 3.62. The van der Waals surface area contributed by atoms with Crippen molar-refractivity contribution in [1.29, 1.82) is 5.26 Å². The summed E-state index contributed by atoms with van der Waals surface area (Å²) in [5.74, 6) is -3.40. The number of hydrogen-bond donors (Lipinski definition) is 2. The summed E-state index contributed by atoms with van der Waals surface area (Å²) in [6, 6.07) is 2.17. The van der Waals surface area contributed by atoms with Gasteiger partial charge in [-0.05, 0) is 22.0 Å². The van der Waals surface area contributed by atoms with Gasteiger partial charge in [0.2, 0.25) is 0 Å². The third kappa shape index (κ3) is 2.70. The van der Waals surface area contributed by atoms with Crippen LogP contribution in [0.2, 0.25) is 0 Å². The fraction of sp³-hybridized carbons (Fsp3) is 0.154. The molecule has 9 heteroatoms. The molecule has 0 aromatic heterocycles. The molecule has 0 fully saturated rings. The van der Waals surface area contributed by atoms with E-state index in [1.54, 1.807) is 0 Å². The number of nitrogens with zero attached hydrogens (tertiary/aromatic N) is 2. The van der Waals surface area contributed by atoms with E-state index in [4.69, 9.17) is 10.4 Å². The number of imide groups is 1. The van der Waals surface area contributed by atoms with Crippen LogP contribution in [0.15, 0.2) is 22.3 Å². The van der Waals surface area contributed by atoms with Crippen LogP contribution in [-0.4, -0.2) is 35.0 Å². The Labute approximate surface area is 131 Å². The molecule has 1 aromatic rings. The first-order chi connectivity index (χ1) is 10.4. The van der Waals surface area contributed by atoms with E-state index in [1.165, 1.54) is 6.07 Å².